The standard InChI is InChI=1S/C14H20N2O4/c1-3-10(4-2)16(8-9-17)13(18)11-6-5-7-12(15-11)14(19)20/h5-7,10,17H,3-4,8-9H2,1-2H3,(H,19,20). The third kappa shape index (κ3) is 3.77. The number of aromatic nitrogens is 1. The molecule has 0 radical (unpaired) electrons. The zero-order chi connectivity index (χ0) is 15.1. The first kappa shape index (κ1) is 16.1. The second-order valence-corrected chi connectivity index (χ2v) is 4.41. The van der Waals surface area contributed by atoms with E-state index >= 15 is 0 Å². The van der Waals surface area contributed by atoms with Crippen LogP contribution in [0.1, 0.15) is 47.7 Å². The first-order valence-electron chi connectivity index (χ1n) is 6.67. The van der Waals surface area contributed by atoms with Gasteiger partial charge in [0.1, 0.15) is 11.4 Å². The van der Waals surface area contributed by atoms with Crippen LogP contribution in [-0.2, 0) is 0 Å². The molecule has 6 heteroatoms. The molecule has 1 aromatic heterocycles. The summed E-state index contributed by atoms with van der Waals surface area (Å²) in [6.07, 6.45) is 1.53. The molecule has 0 aliphatic heterocycles. The number of carboxylic acids is 1. The Morgan fingerprint density at radius 2 is 1.85 bits per heavy atom. The highest BCUT2D eigenvalue weighted by molar-refractivity contribution is 5.94. The average Bonchev–Trinajstić information content (AvgIpc) is 2.47. The lowest BCUT2D eigenvalue weighted by Crippen LogP contribution is -2.42. The van der Waals surface area contributed by atoms with Gasteiger partial charge in [0, 0.05) is 12.6 Å². The molecule has 0 aliphatic rings. The monoisotopic (exact) mass is 280 g/mol. The number of aromatic carboxylic acids is 1. The van der Waals surface area contributed by atoms with Crippen molar-refractivity contribution in [3.8, 4) is 0 Å². The Kier molecular flexibility index (Phi) is 6.11. The van der Waals surface area contributed by atoms with Crippen molar-refractivity contribution in [3.63, 3.8) is 0 Å². The minimum Gasteiger partial charge on any atom is -0.477 e. The molecule has 6 nitrogen and oxygen atoms in total. The Labute approximate surface area is 118 Å². The number of carbonyl (C=O) groups is 2. The highest BCUT2D eigenvalue weighted by Gasteiger charge is 2.23. The van der Waals surface area contributed by atoms with E-state index in [0.29, 0.717) is 0 Å². The lowest BCUT2D eigenvalue weighted by atomic mass is 10.1. The summed E-state index contributed by atoms with van der Waals surface area (Å²) in [5, 5.41) is 18.0. The van der Waals surface area contributed by atoms with Crippen LogP contribution in [0.2, 0.25) is 0 Å². The van der Waals surface area contributed by atoms with Crippen molar-refractivity contribution in [2.24, 2.45) is 0 Å². The van der Waals surface area contributed by atoms with Gasteiger partial charge in [-0.05, 0) is 25.0 Å². The molecule has 1 rings (SSSR count). The predicted octanol–water partition coefficient (Wildman–Crippen LogP) is 1.40. The molecule has 0 atom stereocenters. The molecule has 20 heavy (non-hydrogen) atoms. The smallest absolute Gasteiger partial charge is 0.354 e. The van der Waals surface area contributed by atoms with E-state index in [1.807, 2.05) is 13.8 Å². The number of aliphatic hydroxyl groups excluding tert-OH is 1. The number of carbonyl (C=O) groups excluding carboxylic acids is 1. The van der Waals surface area contributed by atoms with Crippen molar-refractivity contribution in [1.82, 2.24) is 9.88 Å². The minimum absolute atomic E-state index is 0.00457. The summed E-state index contributed by atoms with van der Waals surface area (Å²) in [5.74, 6) is -1.52. The molecule has 0 unspecified atom stereocenters. The quantitative estimate of drug-likeness (QED) is 0.788. The van der Waals surface area contributed by atoms with Crippen molar-refractivity contribution in [2.75, 3.05) is 13.2 Å². The van der Waals surface area contributed by atoms with E-state index < -0.39 is 5.97 Å². The van der Waals surface area contributed by atoms with Crippen LogP contribution < -0.4 is 0 Å². The van der Waals surface area contributed by atoms with Crippen molar-refractivity contribution in [3.05, 3.63) is 29.6 Å². The maximum atomic E-state index is 12.4. The Hall–Kier alpha value is -1.95. The summed E-state index contributed by atoms with van der Waals surface area (Å²) in [6.45, 7) is 4.00. The molecule has 0 saturated carbocycles. The number of nitrogens with zero attached hydrogens (tertiary/aromatic N) is 2. The number of pyridine rings is 1. The summed E-state index contributed by atoms with van der Waals surface area (Å²) in [5.41, 5.74) is -0.0744. The summed E-state index contributed by atoms with van der Waals surface area (Å²) in [4.78, 5) is 28.7. The first-order chi connectivity index (χ1) is 9.54. The van der Waals surface area contributed by atoms with Gasteiger partial charge >= 0.3 is 5.97 Å². The topological polar surface area (TPSA) is 90.7 Å². The Morgan fingerprint density at radius 3 is 2.35 bits per heavy atom. The third-order valence-electron chi connectivity index (χ3n) is 3.17. The van der Waals surface area contributed by atoms with Crippen molar-refractivity contribution in [2.45, 2.75) is 32.7 Å². The van der Waals surface area contributed by atoms with Crippen LogP contribution in [0.3, 0.4) is 0 Å². The summed E-state index contributed by atoms with van der Waals surface area (Å²) >= 11 is 0. The van der Waals surface area contributed by atoms with E-state index in [0.717, 1.165) is 12.8 Å². The van der Waals surface area contributed by atoms with Crippen molar-refractivity contribution < 1.29 is 19.8 Å². The molecule has 0 spiro atoms. The fourth-order valence-electron chi connectivity index (χ4n) is 2.11. The highest BCUT2D eigenvalue weighted by Crippen LogP contribution is 2.13. The van der Waals surface area contributed by atoms with Gasteiger partial charge in [0.2, 0.25) is 0 Å². The zero-order valence-corrected chi connectivity index (χ0v) is 11.7. The summed E-state index contributed by atoms with van der Waals surface area (Å²) in [6, 6.07) is 4.33. The second-order valence-electron chi connectivity index (χ2n) is 4.41. The summed E-state index contributed by atoms with van der Waals surface area (Å²) < 4.78 is 0. The van der Waals surface area contributed by atoms with Crippen LogP contribution in [0.25, 0.3) is 0 Å². The van der Waals surface area contributed by atoms with Crippen LogP contribution >= 0.6 is 0 Å². The highest BCUT2D eigenvalue weighted by atomic mass is 16.4. The molecule has 1 aromatic rings. The molecule has 1 heterocycles. The molecular weight excluding hydrogens is 260 g/mol. The molecule has 0 bridgehead atoms. The van der Waals surface area contributed by atoms with Gasteiger partial charge in [0.15, 0.2) is 0 Å². The maximum Gasteiger partial charge on any atom is 0.354 e. The molecule has 0 saturated heterocycles. The van der Waals surface area contributed by atoms with E-state index in [1.54, 1.807) is 4.90 Å². The number of hydrogen-bond donors (Lipinski definition) is 2. The van der Waals surface area contributed by atoms with Crippen LogP contribution in [-0.4, -0.2) is 51.2 Å². The molecule has 110 valence electrons. The van der Waals surface area contributed by atoms with Crippen molar-refractivity contribution >= 4 is 11.9 Å². The van der Waals surface area contributed by atoms with Gasteiger partial charge in [-0.15, -0.1) is 0 Å². The van der Waals surface area contributed by atoms with E-state index in [4.69, 9.17) is 10.2 Å². The molecule has 0 aliphatic carbocycles. The lowest BCUT2D eigenvalue weighted by molar-refractivity contribution is 0.0615. The van der Waals surface area contributed by atoms with Gasteiger partial charge in [0.05, 0.1) is 6.61 Å². The van der Waals surface area contributed by atoms with Gasteiger partial charge in [-0.2, -0.15) is 0 Å². The number of carboxylic acid groups (broad SMARTS) is 1. The first-order valence-corrected chi connectivity index (χ1v) is 6.67. The van der Waals surface area contributed by atoms with Crippen LogP contribution in [0.5, 0.6) is 0 Å². The number of rotatable bonds is 7. The van der Waals surface area contributed by atoms with E-state index in [-0.39, 0.29) is 36.5 Å². The van der Waals surface area contributed by atoms with Crippen LogP contribution in [0.4, 0.5) is 0 Å². The molecular formula is C14H20N2O4. The predicted molar refractivity (Wildman–Crippen MR) is 73.7 cm³/mol. The van der Waals surface area contributed by atoms with E-state index in [2.05, 4.69) is 4.98 Å². The molecule has 0 aromatic carbocycles. The van der Waals surface area contributed by atoms with Gasteiger partial charge in [-0.25, -0.2) is 9.78 Å². The van der Waals surface area contributed by atoms with Gasteiger partial charge < -0.3 is 15.1 Å². The number of amides is 1. The minimum atomic E-state index is -1.17. The lowest BCUT2D eigenvalue weighted by Gasteiger charge is -2.29. The normalized spacial score (nSPS) is 10.6. The Morgan fingerprint density at radius 1 is 1.25 bits per heavy atom. The third-order valence-corrected chi connectivity index (χ3v) is 3.17. The largest absolute Gasteiger partial charge is 0.477 e. The number of aliphatic hydroxyl groups is 1. The summed E-state index contributed by atoms with van der Waals surface area (Å²) in [7, 11) is 0. The van der Waals surface area contributed by atoms with Crippen LogP contribution in [0.15, 0.2) is 18.2 Å². The van der Waals surface area contributed by atoms with Gasteiger partial charge in [-0.3, -0.25) is 4.79 Å². The fourth-order valence-corrected chi connectivity index (χ4v) is 2.11. The Balaban J connectivity index is 3.05. The van der Waals surface area contributed by atoms with Gasteiger partial charge in [-0.1, -0.05) is 19.9 Å². The molecule has 2 N–H and O–H groups in total. The molecule has 0 fully saturated rings. The van der Waals surface area contributed by atoms with Gasteiger partial charge in [0.25, 0.3) is 5.91 Å². The zero-order valence-electron chi connectivity index (χ0n) is 11.7. The van der Waals surface area contributed by atoms with Crippen molar-refractivity contribution in [1.29, 1.82) is 0 Å². The molecule has 1 amide bonds. The maximum absolute atomic E-state index is 12.4. The SMILES string of the molecule is CCC(CC)N(CCO)C(=O)c1cccc(C(=O)O)n1. The number of hydrogen-bond acceptors (Lipinski definition) is 4. The second kappa shape index (κ2) is 7.59. The van der Waals surface area contributed by atoms with Crippen LogP contribution in [0, 0.1) is 0 Å². The average molecular weight is 280 g/mol. The fraction of sp³-hybridized carbons (Fsp3) is 0.500. The Bertz CT molecular complexity index is 472. The van der Waals surface area contributed by atoms with E-state index in [1.165, 1.54) is 18.2 Å². The van der Waals surface area contributed by atoms with E-state index in [9.17, 15) is 9.59 Å².